The zero-order chi connectivity index (χ0) is 16.2. The SMILES string of the molecule is Cc1ncc(CNC(=O)NCCn2c(=O)oc3ccccc32)s1. The van der Waals surface area contributed by atoms with Crippen LogP contribution in [0.15, 0.2) is 39.7 Å². The molecule has 0 spiro atoms. The number of aryl methyl sites for hydroxylation is 1. The molecule has 0 bridgehead atoms. The van der Waals surface area contributed by atoms with Gasteiger partial charge in [-0.05, 0) is 19.1 Å². The first-order chi connectivity index (χ1) is 11.1. The second-order valence-electron chi connectivity index (χ2n) is 4.94. The Bertz CT molecular complexity index is 880. The van der Waals surface area contributed by atoms with Gasteiger partial charge in [0.25, 0.3) is 0 Å². The van der Waals surface area contributed by atoms with Crippen LogP contribution in [-0.4, -0.2) is 22.1 Å². The maximum Gasteiger partial charge on any atom is 0.420 e. The highest BCUT2D eigenvalue weighted by Gasteiger charge is 2.08. The molecule has 0 fully saturated rings. The molecule has 3 aromatic rings. The summed E-state index contributed by atoms with van der Waals surface area (Å²) in [6, 6.07) is 6.92. The number of nitrogens with one attached hydrogen (secondary N) is 2. The predicted molar refractivity (Wildman–Crippen MR) is 87.6 cm³/mol. The number of amides is 2. The topological polar surface area (TPSA) is 89.2 Å². The van der Waals surface area contributed by atoms with Gasteiger partial charge in [0, 0.05) is 24.2 Å². The van der Waals surface area contributed by atoms with Gasteiger partial charge in [-0.1, -0.05) is 12.1 Å². The number of thiazole rings is 1. The van der Waals surface area contributed by atoms with Gasteiger partial charge in [0.1, 0.15) is 0 Å². The second-order valence-corrected chi connectivity index (χ2v) is 6.26. The van der Waals surface area contributed by atoms with Crippen LogP contribution in [0.2, 0.25) is 0 Å². The smallest absolute Gasteiger partial charge is 0.408 e. The number of hydrogen-bond donors (Lipinski definition) is 2. The minimum atomic E-state index is -0.423. The van der Waals surface area contributed by atoms with E-state index in [1.54, 1.807) is 23.6 Å². The van der Waals surface area contributed by atoms with Crippen molar-refractivity contribution in [1.29, 1.82) is 0 Å². The summed E-state index contributed by atoms with van der Waals surface area (Å²) < 4.78 is 6.64. The fourth-order valence-corrected chi connectivity index (χ4v) is 2.96. The highest BCUT2D eigenvalue weighted by molar-refractivity contribution is 7.11. The van der Waals surface area contributed by atoms with Crippen molar-refractivity contribution in [2.24, 2.45) is 0 Å². The van der Waals surface area contributed by atoms with E-state index in [0.29, 0.717) is 25.2 Å². The summed E-state index contributed by atoms with van der Waals surface area (Å²) in [6.07, 6.45) is 1.75. The molecule has 1 aromatic carbocycles. The van der Waals surface area contributed by atoms with Crippen molar-refractivity contribution in [2.75, 3.05) is 6.54 Å². The summed E-state index contributed by atoms with van der Waals surface area (Å²) in [5.74, 6) is -0.423. The molecule has 0 unspecified atom stereocenters. The lowest BCUT2D eigenvalue weighted by Crippen LogP contribution is -2.37. The Morgan fingerprint density at radius 3 is 2.96 bits per heavy atom. The van der Waals surface area contributed by atoms with Gasteiger partial charge in [0.2, 0.25) is 0 Å². The van der Waals surface area contributed by atoms with E-state index in [2.05, 4.69) is 15.6 Å². The van der Waals surface area contributed by atoms with Crippen LogP contribution in [0.3, 0.4) is 0 Å². The molecule has 7 nitrogen and oxygen atoms in total. The van der Waals surface area contributed by atoms with Crippen molar-refractivity contribution >= 4 is 28.5 Å². The molecule has 0 aliphatic heterocycles. The minimum absolute atomic E-state index is 0.281. The van der Waals surface area contributed by atoms with E-state index in [9.17, 15) is 9.59 Å². The van der Waals surface area contributed by atoms with Crippen LogP contribution in [0.1, 0.15) is 9.88 Å². The monoisotopic (exact) mass is 332 g/mol. The number of oxazole rings is 1. The van der Waals surface area contributed by atoms with Gasteiger partial charge in [-0.2, -0.15) is 0 Å². The van der Waals surface area contributed by atoms with Gasteiger partial charge in [-0.15, -0.1) is 11.3 Å². The van der Waals surface area contributed by atoms with E-state index in [0.717, 1.165) is 15.4 Å². The molecule has 0 saturated carbocycles. The molecule has 0 saturated heterocycles. The maximum atomic E-state index is 11.8. The zero-order valence-electron chi connectivity index (χ0n) is 12.5. The summed E-state index contributed by atoms with van der Waals surface area (Å²) >= 11 is 1.54. The van der Waals surface area contributed by atoms with Crippen molar-refractivity contribution in [1.82, 2.24) is 20.2 Å². The molecule has 2 amide bonds. The molecule has 0 atom stereocenters. The van der Waals surface area contributed by atoms with Crippen molar-refractivity contribution in [3.05, 3.63) is 50.9 Å². The fourth-order valence-electron chi connectivity index (χ4n) is 2.22. The molecule has 0 aliphatic carbocycles. The second kappa shape index (κ2) is 6.66. The van der Waals surface area contributed by atoms with Crippen molar-refractivity contribution in [3.63, 3.8) is 0 Å². The summed E-state index contributed by atoms with van der Waals surface area (Å²) in [5, 5.41) is 6.44. The van der Waals surface area contributed by atoms with E-state index in [-0.39, 0.29) is 6.03 Å². The first kappa shape index (κ1) is 15.3. The number of carbonyl (C=O) groups is 1. The Hall–Kier alpha value is -2.61. The first-order valence-corrected chi connectivity index (χ1v) is 7.96. The molecular formula is C15H16N4O3S. The summed E-state index contributed by atoms with van der Waals surface area (Å²) in [4.78, 5) is 28.7. The normalized spacial score (nSPS) is 10.8. The number of urea groups is 1. The average Bonchev–Trinajstić information content (AvgIpc) is 3.09. The number of rotatable bonds is 5. The van der Waals surface area contributed by atoms with Crippen molar-refractivity contribution < 1.29 is 9.21 Å². The van der Waals surface area contributed by atoms with Crippen LogP contribution in [0, 0.1) is 6.92 Å². The Balaban J connectivity index is 1.51. The molecule has 2 N–H and O–H groups in total. The third-order valence-corrected chi connectivity index (χ3v) is 4.20. The van der Waals surface area contributed by atoms with E-state index in [1.165, 1.54) is 4.57 Å². The van der Waals surface area contributed by atoms with Crippen molar-refractivity contribution in [3.8, 4) is 0 Å². The first-order valence-electron chi connectivity index (χ1n) is 7.15. The summed E-state index contributed by atoms with van der Waals surface area (Å²) in [5.41, 5.74) is 1.27. The number of carbonyl (C=O) groups excluding carboxylic acids is 1. The number of nitrogens with zero attached hydrogens (tertiary/aromatic N) is 2. The lowest BCUT2D eigenvalue weighted by atomic mass is 10.3. The van der Waals surface area contributed by atoms with Gasteiger partial charge in [-0.25, -0.2) is 14.6 Å². The number of aromatic nitrogens is 2. The minimum Gasteiger partial charge on any atom is -0.408 e. The van der Waals surface area contributed by atoms with Crippen LogP contribution < -0.4 is 16.4 Å². The lowest BCUT2D eigenvalue weighted by Gasteiger charge is -2.07. The Labute approximate surface area is 136 Å². The predicted octanol–water partition coefficient (Wildman–Crippen LogP) is 1.86. The molecule has 0 aliphatic rings. The molecule has 23 heavy (non-hydrogen) atoms. The van der Waals surface area contributed by atoms with Gasteiger partial charge in [-0.3, -0.25) is 4.57 Å². The molecule has 120 valence electrons. The van der Waals surface area contributed by atoms with E-state index in [1.807, 2.05) is 25.1 Å². The van der Waals surface area contributed by atoms with Crippen LogP contribution in [0.25, 0.3) is 11.1 Å². The Morgan fingerprint density at radius 2 is 2.17 bits per heavy atom. The molecule has 0 radical (unpaired) electrons. The molecular weight excluding hydrogens is 316 g/mol. The maximum absolute atomic E-state index is 11.8. The number of hydrogen-bond acceptors (Lipinski definition) is 5. The molecule has 2 heterocycles. The number of benzene rings is 1. The standard InChI is InChI=1S/C15H16N4O3S/c1-10-17-8-11(23-10)9-18-14(20)16-6-7-19-12-4-2-3-5-13(12)22-15(19)21/h2-5,8H,6-7,9H2,1H3,(H2,16,18,20). The molecule has 3 rings (SSSR count). The van der Waals surface area contributed by atoms with Gasteiger partial charge in [0.15, 0.2) is 5.58 Å². The summed E-state index contributed by atoms with van der Waals surface area (Å²) in [7, 11) is 0. The van der Waals surface area contributed by atoms with Crippen LogP contribution in [0.4, 0.5) is 4.79 Å². The van der Waals surface area contributed by atoms with E-state index in [4.69, 9.17) is 4.42 Å². The number of fused-ring (bicyclic) bond motifs is 1. The van der Waals surface area contributed by atoms with E-state index >= 15 is 0 Å². The largest absolute Gasteiger partial charge is 0.420 e. The quantitative estimate of drug-likeness (QED) is 0.746. The third-order valence-electron chi connectivity index (χ3n) is 3.29. The zero-order valence-corrected chi connectivity index (χ0v) is 13.4. The number of para-hydroxylation sites is 2. The lowest BCUT2D eigenvalue weighted by molar-refractivity contribution is 0.240. The average molecular weight is 332 g/mol. The van der Waals surface area contributed by atoms with Crippen LogP contribution in [-0.2, 0) is 13.1 Å². The van der Waals surface area contributed by atoms with E-state index < -0.39 is 5.76 Å². The highest BCUT2D eigenvalue weighted by Crippen LogP contribution is 2.11. The van der Waals surface area contributed by atoms with Gasteiger partial charge < -0.3 is 15.1 Å². The Morgan fingerprint density at radius 1 is 1.35 bits per heavy atom. The molecule has 8 heteroatoms. The van der Waals surface area contributed by atoms with Crippen LogP contribution >= 0.6 is 11.3 Å². The van der Waals surface area contributed by atoms with Gasteiger partial charge in [0.05, 0.1) is 17.1 Å². The summed E-state index contributed by atoms with van der Waals surface area (Å²) in [6.45, 7) is 3.03. The van der Waals surface area contributed by atoms with Gasteiger partial charge >= 0.3 is 11.8 Å². The van der Waals surface area contributed by atoms with Crippen LogP contribution in [0.5, 0.6) is 0 Å². The Kier molecular flexibility index (Phi) is 4.42. The highest BCUT2D eigenvalue weighted by atomic mass is 32.1. The third kappa shape index (κ3) is 3.59. The van der Waals surface area contributed by atoms with Crippen molar-refractivity contribution in [2.45, 2.75) is 20.0 Å². The molecule has 2 aromatic heterocycles. The fraction of sp³-hybridized carbons (Fsp3) is 0.267.